The highest BCUT2D eigenvalue weighted by Gasteiger charge is 2.26. The van der Waals surface area contributed by atoms with Gasteiger partial charge in [0.05, 0.1) is 6.10 Å². The van der Waals surface area contributed by atoms with Gasteiger partial charge in [-0.05, 0) is 19.3 Å². The number of unbranched alkanes of at least 4 members (excludes halogenated alkanes) is 1. The van der Waals surface area contributed by atoms with Crippen LogP contribution in [-0.4, -0.2) is 34.4 Å². The molecule has 1 aliphatic carbocycles. The lowest BCUT2D eigenvalue weighted by Gasteiger charge is -2.25. The minimum absolute atomic E-state index is 0.0459. The van der Waals surface area contributed by atoms with Gasteiger partial charge in [0, 0.05) is 6.04 Å². The van der Waals surface area contributed by atoms with E-state index in [1.165, 1.54) is 0 Å². The van der Waals surface area contributed by atoms with Crippen LogP contribution >= 0.6 is 0 Å². The minimum atomic E-state index is -0.796. The van der Waals surface area contributed by atoms with Crippen molar-refractivity contribution >= 4 is 5.97 Å². The highest BCUT2D eigenvalue weighted by atomic mass is 16.4. The summed E-state index contributed by atoms with van der Waals surface area (Å²) in [4.78, 5) is 11.1. The molecule has 3 unspecified atom stereocenters. The van der Waals surface area contributed by atoms with Crippen LogP contribution < -0.4 is 5.32 Å². The fourth-order valence-corrected chi connectivity index (χ4v) is 2.43. The highest BCUT2D eigenvalue weighted by Crippen LogP contribution is 2.19. The average molecular weight is 243 g/mol. The zero-order valence-corrected chi connectivity index (χ0v) is 10.7. The molecule has 0 aromatic carbocycles. The number of carbonyl (C=O) groups is 1. The van der Waals surface area contributed by atoms with E-state index in [-0.39, 0.29) is 12.1 Å². The lowest BCUT2D eigenvalue weighted by molar-refractivity contribution is -0.140. The summed E-state index contributed by atoms with van der Waals surface area (Å²) >= 11 is 0. The third-order valence-electron chi connectivity index (χ3n) is 3.54. The third kappa shape index (κ3) is 5.04. The molecule has 0 heterocycles. The average Bonchev–Trinajstić information content (AvgIpc) is 2.49. The van der Waals surface area contributed by atoms with Gasteiger partial charge in [-0.15, -0.1) is 0 Å². The van der Waals surface area contributed by atoms with Crippen molar-refractivity contribution in [2.45, 2.75) is 76.5 Å². The summed E-state index contributed by atoms with van der Waals surface area (Å²) in [5.41, 5.74) is 0. The molecule has 4 nitrogen and oxygen atoms in total. The number of nitrogens with one attached hydrogen (secondary N) is 1. The third-order valence-corrected chi connectivity index (χ3v) is 3.54. The standard InChI is InChI=1S/C13H25NO3/c1-2-3-7-11(13(16)17)14-10-8-5-4-6-9-12(10)15/h10-12,14-15H,2-9H2,1H3,(H,16,17). The van der Waals surface area contributed by atoms with Crippen molar-refractivity contribution in [2.75, 3.05) is 0 Å². The molecule has 0 aromatic rings. The Morgan fingerprint density at radius 3 is 2.71 bits per heavy atom. The van der Waals surface area contributed by atoms with Crippen LogP contribution in [0.2, 0.25) is 0 Å². The number of rotatable bonds is 6. The highest BCUT2D eigenvalue weighted by molar-refractivity contribution is 5.73. The molecule has 1 saturated carbocycles. The lowest BCUT2D eigenvalue weighted by atomic mass is 10.0. The van der Waals surface area contributed by atoms with E-state index >= 15 is 0 Å². The number of hydrogen-bond donors (Lipinski definition) is 3. The maximum Gasteiger partial charge on any atom is 0.320 e. The fraction of sp³-hybridized carbons (Fsp3) is 0.923. The van der Waals surface area contributed by atoms with Gasteiger partial charge in [-0.3, -0.25) is 10.1 Å². The first kappa shape index (κ1) is 14.5. The Bertz CT molecular complexity index is 233. The van der Waals surface area contributed by atoms with E-state index in [0.29, 0.717) is 6.42 Å². The van der Waals surface area contributed by atoms with E-state index in [1.54, 1.807) is 0 Å². The Hall–Kier alpha value is -0.610. The summed E-state index contributed by atoms with van der Waals surface area (Å²) in [6.07, 6.45) is 7.11. The number of carboxylic acids is 1. The Balaban J connectivity index is 2.48. The molecule has 0 saturated heterocycles. The van der Waals surface area contributed by atoms with Crippen LogP contribution in [0.3, 0.4) is 0 Å². The van der Waals surface area contributed by atoms with Crippen LogP contribution in [0.4, 0.5) is 0 Å². The summed E-state index contributed by atoms with van der Waals surface area (Å²) in [6, 6.07) is -0.553. The molecular weight excluding hydrogens is 218 g/mol. The predicted molar refractivity (Wildman–Crippen MR) is 67.0 cm³/mol. The van der Waals surface area contributed by atoms with Crippen LogP contribution in [-0.2, 0) is 4.79 Å². The van der Waals surface area contributed by atoms with E-state index < -0.39 is 12.0 Å². The van der Waals surface area contributed by atoms with Crippen molar-refractivity contribution in [3.05, 3.63) is 0 Å². The van der Waals surface area contributed by atoms with E-state index in [9.17, 15) is 9.90 Å². The van der Waals surface area contributed by atoms with Crippen molar-refractivity contribution in [2.24, 2.45) is 0 Å². The van der Waals surface area contributed by atoms with Crippen LogP contribution in [0, 0.1) is 0 Å². The van der Waals surface area contributed by atoms with Crippen molar-refractivity contribution in [1.82, 2.24) is 5.32 Å². The van der Waals surface area contributed by atoms with E-state index in [4.69, 9.17) is 5.11 Å². The van der Waals surface area contributed by atoms with Crippen molar-refractivity contribution in [1.29, 1.82) is 0 Å². The van der Waals surface area contributed by atoms with Gasteiger partial charge >= 0.3 is 5.97 Å². The number of aliphatic hydroxyl groups excluding tert-OH is 1. The second-order valence-corrected chi connectivity index (χ2v) is 5.01. The summed E-state index contributed by atoms with van der Waals surface area (Å²) in [5.74, 6) is -0.796. The molecule has 0 aromatic heterocycles. The van der Waals surface area contributed by atoms with Crippen LogP contribution in [0.1, 0.15) is 58.3 Å². The Kier molecular flexibility index (Phi) is 6.52. The summed E-state index contributed by atoms with van der Waals surface area (Å²) in [6.45, 7) is 2.05. The number of hydrogen-bond acceptors (Lipinski definition) is 3. The van der Waals surface area contributed by atoms with Gasteiger partial charge in [0.25, 0.3) is 0 Å². The monoisotopic (exact) mass is 243 g/mol. The molecule has 0 aliphatic heterocycles. The van der Waals surface area contributed by atoms with Gasteiger partial charge in [0.2, 0.25) is 0 Å². The summed E-state index contributed by atoms with van der Waals surface area (Å²) in [5, 5.41) is 22.2. The SMILES string of the molecule is CCCCC(NC1CCCCCC1O)C(=O)O. The second kappa shape index (κ2) is 7.67. The lowest BCUT2D eigenvalue weighted by Crippen LogP contribution is -2.48. The molecule has 3 N–H and O–H groups in total. The summed E-state index contributed by atoms with van der Waals surface area (Å²) in [7, 11) is 0. The van der Waals surface area contributed by atoms with Gasteiger partial charge in [0.15, 0.2) is 0 Å². The van der Waals surface area contributed by atoms with Crippen LogP contribution in [0.25, 0.3) is 0 Å². The molecule has 3 atom stereocenters. The van der Waals surface area contributed by atoms with Gasteiger partial charge in [0.1, 0.15) is 6.04 Å². The Morgan fingerprint density at radius 2 is 2.06 bits per heavy atom. The molecule has 1 aliphatic rings. The van der Waals surface area contributed by atoms with Gasteiger partial charge < -0.3 is 10.2 Å². The first-order valence-corrected chi connectivity index (χ1v) is 6.82. The Labute approximate surface area is 103 Å². The molecular formula is C13H25NO3. The number of aliphatic hydroxyl groups is 1. The molecule has 0 amide bonds. The maximum atomic E-state index is 11.1. The first-order chi connectivity index (χ1) is 8.15. The maximum absolute atomic E-state index is 11.1. The largest absolute Gasteiger partial charge is 0.480 e. The topological polar surface area (TPSA) is 69.6 Å². The number of aliphatic carboxylic acids is 1. The summed E-state index contributed by atoms with van der Waals surface area (Å²) < 4.78 is 0. The van der Waals surface area contributed by atoms with Gasteiger partial charge in [-0.1, -0.05) is 39.0 Å². The smallest absolute Gasteiger partial charge is 0.320 e. The zero-order valence-electron chi connectivity index (χ0n) is 10.7. The molecule has 17 heavy (non-hydrogen) atoms. The van der Waals surface area contributed by atoms with Crippen LogP contribution in [0.5, 0.6) is 0 Å². The molecule has 0 radical (unpaired) electrons. The second-order valence-electron chi connectivity index (χ2n) is 5.01. The van der Waals surface area contributed by atoms with E-state index in [1.807, 2.05) is 0 Å². The van der Waals surface area contributed by atoms with Crippen molar-refractivity contribution in [3.8, 4) is 0 Å². The Morgan fingerprint density at radius 1 is 1.35 bits per heavy atom. The van der Waals surface area contributed by atoms with E-state index in [0.717, 1.165) is 44.9 Å². The molecule has 4 heteroatoms. The number of carboxylic acid groups (broad SMARTS) is 1. The normalized spacial score (nSPS) is 27.4. The molecule has 100 valence electrons. The minimum Gasteiger partial charge on any atom is -0.480 e. The zero-order chi connectivity index (χ0) is 12.7. The molecule has 1 rings (SSSR count). The molecule has 0 bridgehead atoms. The van der Waals surface area contributed by atoms with Crippen molar-refractivity contribution in [3.63, 3.8) is 0 Å². The van der Waals surface area contributed by atoms with Crippen LogP contribution in [0.15, 0.2) is 0 Å². The van der Waals surface area contributed by atoms with Gasteiger partial charge in [-0.25, -0.2) is 0 Å². The van der Waals surface area contributed by atoms with E-state index in [2.05, 4.69) is 12.2 Å². The molecule has 1 fully saturated rings. The van der Waals surface area contributed by atoms with Crippen molar-refractivity contribution < 1.29 is 15.0 Å². The molecule has 0 spiro atoms. The first-order valence-electron chi connectivity index (χ1n) is 6.82. The van der Waals surface area contributed by atoms with Gasteiger partial charge in [-0.2, -0.15) is 0 Å². The fourth-order valence-electron chi connectivity index (χ4n) is 2.43. The predicted octanol–water partition coefficient (Wildman–Crippen LogP) is 1.91. The quantitative estimate of drug-likeness (QED) is 0.623.